The number of anilines is 1. The van der Waals surface area contributed by atoms with E-state index in [1.165, 1.54) is 30.5 Å². The lowest BCUT2D eigenvalue weighted by atomic mass is 10.1. The fourth-order valence-electron chi connectivity index (χ4n) is 2.30. The Morgan fingerprint density at radius 3 is 2.32 bits per heavy atom. The number of hydrogen-bond donors (Lipinski definition) is 3. The highest BCUT2D eigenvalue weighted by Gasteiger charge is 2.22. The van der Waals surface area contributed by atoms with E-state index in [2.05, 4.69) is 20.3 Å². The van der Waals surface area contributed by atoms with Crippen molar-refractivity contribution in [2.24, 2.45) is 0 Å². The second kappa shape index (κ2) is 8.94. The van der Waals surface area contributed by atoms with Crippen LogP contribution in [0.1, 0.15) is 37.6 Å². The lowest BCUT2D eigenvalue weighted by Crippen LogP contribution is -2.40. The molecule has 0 saturated carbocycles. The van der Waals surface area contributed by atoms with Crippen molar-refractivity contribution in [3.8, 4) is 0 Å². The van der Waals surface area contributed by atoms with Crippen LogP contribution in [0.5, 0.6) is 0 Å². The van der Waals surface area contributed by atoms with Gasteiger partial charge in [0.25, 0.3) is 5.91 Å². The quantitative estimate of drug-likeness (QED) is 0.652. The van der Waals surface area contributed by atoms with E-state index in [0.29, 0.717) is 11.3 Å². The van der Waals surface area contributed by atoms with Gasteiger partial charge >= 0.3 is 0 Å². The lowest BCUT2D eigenvalue weighted by molar-refractivity contribution is -0.116. The molecule has 0 spiro atoms. The number of benzene rings is 1. The fourth-order valence-corrected chi connectivity index (χ4v) is 3.72. The summed E-state index contributed by atoms with van der Waals surface area (Å²) in [6.45, 7) is 5.39. The molecule has 0 aliphatic carbocycles. The molecule has 0 bridgehead atoms. The Labute approximate surface area is 164 Å². The van der Waals surface area contributed by atoms with E-state index in [1.807, 2.05) is 0 Å². The predicted molar refractivity (Wildman–Crippen MR) is 106 cm³/mol. The maximum atomic E-state index is 12.3. The number of carbonyl (C=O) groups is 2. The number of amides is 2. The van der Waals surface area contributed by atoms with Crippen LogP contribution in [0.15, 0.2) is 53.7 Å². The average molecular weight is 404 g/mol. The Morgan fingerprint density at radius 2 is 1.75 bits per heavy atom. The molecular weight excluding hydrogens is 380 g/mol. The number of rotatable bonds is 7. The molecule has 0 unspecified atom stereocenters. The van der Waals surface area contributed by atoms with Gasteiger partial charge in [-0.2, -0.15) is 0 Å². The summed E-state index contributed by atoms with van der Waals surface area (Å²) in [4.78, 5) is 28.0. The minimum atomic E-state index is -3.66. The molecular formula is C19H24N4O4S. The Morgan fingerprint density at radius 1 is 1.07 bits per heavy atom. The third-order valence-electron chi connectivity index (χ3n) is 3.45. The van der Waals surface area contributed by atoms with Crippen LogP contribution in [-0.2, 0) is 14.8 Å². The molecule has 9 heteroatoms. The first kappa shape index (κ1) is 21.5. The minimum absolute atomic E-state index is 0.0785. The van der Waals surface area contributed by atoms with Gasteiger partial charge in [-0.3, -0.25) is 14.6 Å². The zero-order valence-electron chi connectivity index (χ0n) is 16.0. The smallest absolute Gasteiger partial charge is 0.251 e. The van der Waals surface area contributed by atoms with Crippen molar-refractivity contribution in [3.63, 3.8) is 0 Å². The number of nitrogens with zero attached hydrogens (tertiary/aromatic N) is 1. The van der Waals surface area contributed by atoms with Gasteiger partial charge in [0.15, 0.2) is 0 Å². The van der Waals surface area contributed by atoms with Crippen molar-refractivity contribution >= 4 is 27.5 Å². The first-order chi connectivity index (χ1) is 13.1. The molecule has 0 aliphatic heterocycles. The van der Waals surface area contributed by atoms with E-state index in [1.54, 1.807) is 39.1 Å². The van der Waals surface area contributed by atoms with Gasteiger partial charge in [0.2, 0.25) is 15.9 Å². The number of hydrogen-bond acceptors (Lipinski definition) is 5. The topological polar surface area (TPSA) is 117 Å². The van der Waals surface area contributed by atoms with Gasteiger partial charge in [0, 0.05) is 30.3 Å². The summed E-state index contributed by atoms with van der Waals surface area (Å²) in [6.07, 6.45) is 3.23. The molecule has 0 fully saturated rings. The Kier molecular flexibility index (Phi) is 6.87. The first-order valence-electron chi connectivity index (χ1n) is 8.69. The predicted octanol–water partition coefficient (Wildman–Crippen LogP) is 1.92. The molecule has 1 aromatic carbocycles. The molecule has 1 aromatic heterocycles. The van der Waals surface area contributed by atoms with Crippen molar-refractivity contribution < 1.29 is 18.0 Å². The van der Waals surface area contributed by atoms with Gasteiger partial charge < -0.3 is 10.6 Å². The number of carbonyl (C=O) groups excluding carboxylic acids is 2. The zero-order chi connectivity index (χ0) is 20.8. The van der Waals surface area contributed by atoms with Crippen LogP contribution in [0.4, 0.5) is 5.69 Å². The van der Waals surface area contributed by atoms with Gasteiger partial charge in [0.1, 0.15) is 0 Å². The van der Waals surface area contributed by atoms with Gasteiger partial charge in [-0.25, -0.2) is 13.1 Å². The third-order valence-corrected chi connectivity index (χ3v) is 5.22. The Hall–Kier alpha value is -2.78. The lowest BCUT2D eigenvalue weighted by Gasteiger charge is -2.20. The Balaban J connectivity index is 1.87. The molecule has 0 saturated heterocycles. The highest BCUT2D eigenvalue weighted by atomic mass is 32.2. The molecule has 3 N–H and O–H groups in total. The zero-order valence-corrected chi connectivity index (χ0v) is 16.8. The van der Waals surface area contributed by atoms with Crippen LogP contribution in [0.25, 0.3) is 0 Å². The van der Waals surface area contributed by atoms with E-state index < -0.39 is 15.6 Å². The van der Waals surface area contributed by atoms with Crippen LogP contribution in [-0.4, -0.2) is 37.3 Å². The van der Waals surface area contributed by atoms with Crippen LogP contribution in [0, 0.1) is 0 Å². The Bertz CT molecular complexity index is 921. The number of aromatic nitrogens is 1. The van der Waals surface area contributed by atoms with E-state index >= 15 is 0 Å². The van der Waals surface area contributed by atoms with Gasteiger partial charge in [0.05, 0.1) is 16.8 Å². The molecule has 0 aliphatic rings. The largest absolute Gasteiger partial charge is 0.352 e. The van der Waals surface area contributed by atoms with Crippen molar-refractivity contribution in [2.45, 2.75) is 37.6 Å². The number of pyridine rings is 1. The summed E-state index contributed by atoms with van der Waals surface area (Å²) in [5.41, 5.74) is 0.285. The second-order valence-corrected chi connectivity index (χ2v) is 8.86. The summed E-state index contributed by atoms with van der Waals surface area (Å²) in [6, 6.07) is 9.03. The molecule has 150 valence electrons. The molecule has 2 amide bonds. The van der Waals surface area contributed by atoms with E-state index in [0.717, 1.165) is 0 Å². The first-order valence-corrected chi connectivity index (χ1v) is 10.2. The molecule has 0 radical (unpaired) electrons. The fraction of sp³-hybridized carbons (Fsp3) is 0.316. The highest BCUT2D eigenvalue weighted by molar-refractivity contribution is 7.89. The van der Waals surface area contributed by atoms with E-state index in [-0.39, 0.29) is 29.7 Å². The summed E-state index contributed by atoms with van der Waals surface area (Å²) >= 11 is 0. The monoisotopic (exact) mass is 404 g/mol. The number of nitrogens with one attached hydrogen (secondary N) is 3. The summed E-state index contributed by atoms with van der Waals surface area (Å²) in [5.74, 6) is -0.634. The van der Waals surface area contributed by atoms with Crippen molar-refractivity contribution in [1.29, 1.82) is 0 Å². The SMILES string of the molecule is CC(C)(C)NS(=O)(=O)c1ccc(C(=O)NCCC(=O)Nc2cccnc2)cc1. The van der Waals surface area contributed by atoms with E-state index in [4.69, 9.17) is 0 Å². The molecule has 0 atom stereocenters. The summed E-state index contributed by atoms with van der Waals surface area (Å²) < 4.78 is 27.1. The second-order valence-electron chi connectivity index (χ2n) is 7.18. The van der Waals surface area contributed by atoms with Gasteiger partial charge in [-0.15, -0.1) is 0 Å². The van der Waals surface area contributed by atoms with Crippen molar-refractivity contribution in [3.05, 3.63) is 54.4 Å². The van der Waals surface area contributed by atoms with E-state index in [9.17, 15) is 18.0 Å². The van der Waals surface area contributed by atoms with Gasteiger partial charge in [-0.1, -0.05) is 0 Å². The van der Waals surface area contributed by atoms with Crippen LogP contribution in [0.2, 0.25) is 0 Å². The standard InChI is InChI=1S/C19H24N4O4S/c1-19(2,3)23-28(26,27)16-8-6-14(7-9-16)18(25)21-12-10-17(24)22-15-5-4-11-20-13-15/h4-9,11,13,23H,10,12H2,1-3H3,(H,21,25)(H,22,24). The van der Waals surface area contributed by atoms with Gasteiger partial charge in [-0.05, 0) is 57.2 Å². The normalized spacial score (nSPS) is 11.7. The van der Waals surface area contributed by atoms with Crippen LogP contribution >= 0.6 is 0 Å². The average Bonchev–Trinajstić information content (AvgIpc) is 2.60. The minimum Gasteiger partial charge on any atom is -0.352 e. The third kappa shape index (κ3) is 6.75. The highest BCUT2D eigenvalue weighted by Crippen LogP contribution is 2.14. The molecule has 2 rings (SSSR count). The summed E-state index contributed by atoms with van der Waals surface area (Å²) in [7, 11) is -3.66. The van der Waals surface area contributed by atoms with Crippen LogP contribution in [0.3, 0.4) is 0 Å². The molecule has 8 nitrogen and oxygen atoms in total. The maximum Gasteiger partial charge on any atom is 0.251 e. The molecule has 2 aromatic rings. The van der Waals surface area contributed by atoms with Crippen molar-refractivity contribution in [2.75, 3.05) is 11.9 Å². The number of sulfonamides is 1. The van der Waals surface area contributed by atoms with Crippen LogP contribution < -0.4 is 15.4 Å². The van der Waals surface area contributed by atoms with Crippen molar-refractivity contribution in [1.82, 2.24) is 15.0 Å². The molecule has 28 heavy (non-hydrogen) atoms. The maximum absolute atomic E-state index is 12.3. The molecule has 1 heterocycles. The summed E-state index contributed by atoms with van der Waals surface area (Å²) in [5, 5.41) is 5.30.